The van der Waals surface area contributed by atoms with Crippen LogP contribution in [-0.2, 0) is 6.18 Å². The van der Waals surface area contributed by atoms with Crippen LogP contribution in [-0.4, -0.2) is 17.0 Å². The van der Waals surface area contributed by atoms with E-state index in [1.54, 1.807) is 0 Å². The highest BCUT2D eigenvalue weighted by atomic mass is 19.4. The van der Waals surface area contributed by atoms with Crippen LogP contribution in [0.3, 0.4) is 0 Å². The molecular weight excluding hydrogens is 237 g/mol. The molecule has 2 N–H and O–H groups in total. The summed E-state index contributed by atoms with van der Waals surface area (Å²) in [5.74, 6) is -1.52. The molecule has 0 bridgehead atoms. The molecule has 0 radical (unpaired) electrons. The lowest BCUT2D eigenvalue weighted by molar-refractivity contribution is -0.142. The highest BCUT2D eigenvalue weighted by molar-refractivity contribution is 5.95. The molecule has 92 valence electrons. The van der Waals surface area contributed by atoms with Gasteiger partial charge in [-0.05, 0) is 18.9 Å². The summed E-state index contributed by atoms with van der Waals surface area (Å²) in [5.41, 5.74) is 3.51. The van der Waals surface area contributed by atoms with Crippen molar-refractivity contribution in [1.29, 1.82) is 0 Å². The third kappa shape index (κ3) is 2.48. The van der Waals surface area contributed by atoms with E-state index in [9.17, 15) is 18.0 Å². The van der Waals surface area contributed by atoms with Crippen molar-refractivity contribution in [2.75, 3.05) is 0 Å². The van der Waals surface area contributed by atoms with E-state index in [1.807, 2.05) is 0 Å². The van der Waals surface area contributed by atoms with E-state index >= 15 is 0 Å². The minimum absolute atomic E-state index is 0.279. The molecule has 1 aromatic rings. The Labute approximate surface area is 94.6 Å². The fraction of sp³-hybridized carbons (Fsp3) is 0.400. The van der Waals surface area contributed by atoms with Crippen LogP contribution in [0.15, 0.2) is 12.3 Å². The van der Waals surface area contributed by atoms with Gasteiger partial charge in [-0.25, -0.2) is 4.98 Å². The molecule has 1 heterocycles. The van der Waals surface area contributed by atoms with Crippen LogP contribution in [0.1, 0.15) is 28.9 Å². The number of halogens is 3. The monoisotopic (exact) mass is 246 g/mol. The number of pyridine rings is 1. The lowest BCUT2D eigenvalue weighted by Crippen LogP contribution is -2.19. The number of aromatic nitrogens is 1. The van der Waals surface area contributed by atoms with Gasteiger partial charge in [0.25, 0.3) is 5.91 Å². The predicted molar refractivity (Wildman–Crippen MR) is 51.4 cm³/mol. The van der Waals surface area contributed by atoms with Crippen LogP contribution < -0.4 is 10.5 Å². The van der Waals surface area contributed by atoms with Gasteiger partial charge in [0, 0.05) is 6.20 Å². The molecule has 0 aliphatic heterocycles. The minimum atomic E-state index is -4.67. The van der Waals surface area contributed by atoms with Crippen LogP contribution >= 0.6 is 0 Å². The van der Waals surface area contributed by atoms with Crippen molar-refractivity contribution >= 4 is 5.91 Å². The molecule has 1 aliphatic carbocycles. The molecule has 17 heavy (non-hydrogen) atoms. The SMILES string of the molecule is NC(=O)c1ccnc(C(F)(F)F)c1OC1CC1. The van der Waals surface area contributed by atoms with Crippen molar-refractivity contribution in [3.8, 4) is 5.75 Å². The fourth-order valence-corrected chi connectivity index (χ4v) is 1.32. The van der Waals surface area contributed by atoms with Crippen LogP contribution in [0, 0.1) is 0 Å². The quantitative estimate of drug-likeness (QED) is 0.883. The van der Waals surface area contributed by atoms with Gasteiger partial charge in [0.15, 0.2) is 11.4 Å². The number of hydrogen-bond donors (Lipinski definition) is 1. The van der Waals surface area contributed by atoms with Gasteiger partial charge in [-0.15, -0.1) is 0 Å². The number of carbonyl (C=O) groups is 1. The van der Waals surface area contributed by atoms with Gasteiger partial charge in [-0.1, -0.05) is 0 Å². The number of carbonyl (C=O) groups excluding carboxylic acids is 1. The van der Waals surface area contributed by atoms with E-state index in [4.69, 9.17) is 10.5 Å². The zero-order valence-corrected chi connectivity index (χ0v) is 8.62. The number of alkyl halides is 3. The van der Waals surface area contributed by atoms with Crippen LogP contribution in [0.25, 0.3) is 0 Å². The van der Waals surface area contributed by atoms with Crippen molar-refractivity contribution in [3.05, 3.63) is 23.5 Å². The third-order valence-corrected chi connectivity index (χ3v) is 2.25. The van der Waals surface area contributed by atoms with E-state index in [1.165, 1.54) is 0 Å². The van der Waals surface area contributed by atoms with Gasteiger partial charge in [-0.3, -0.25) is 4.79 Å². The van der Waals surface area contributed by atoms with Crippen molar-refractivity contribution in [3.63, 3.8) is 0 Å². The second kappa shape index (κ2) is 3.90. The summed E-state index contributed by atoms with van der Waals surface area (Å²) in [7, 11) is 0. The molecule has 7 heteroatoms. The molecule has 0 aromatic carbocycles. The van der Waals surface area contributed by atoms with Crippen LogP contribution in [0.4, 0.5) is 13.2 Å². The summed E-state index contributed by atoms with van der Waals surface area (Å²) in [6, 6.07) is 1.12. The van der Waals surface area contributed by atoms with Gasteiger partial charge in [0.2, 0.25) is 0 Å². The second-order valence-corrected chi connectivity index (χ2v) is 3.72. The lowest BCUT2D eigenvalue weighted by Gasteiger charge is -2.14. The first-order valence-corrected chi connectivity index (χ1v) is 4.92. The van der Waals surface area contributed by atoms with Crippen LogP contribution in [0.5, 0.6) is 5.75 Å². The van der Waals surface area contributed by atoms with E-state index < -0.39 is 23.5 Å². The Balaban J connectivity index is 2.49. The van der Waals surface area contributed by atoms with E-state index in [0.717, 1.165) is 12.3 Å². The van der Waals surface area contributed by atoms with Gasteiger partial charge in [0.1, 0.15) is 0 Å². The summed E-state index contributed by atoms with van der Waals surface area (Å²) in [5, 5.41) is 0. The molecule has 1 saturated carbocycles. The Bertz CT molecular complexity index is 455. The summed E-state index contributed by atoms with van der Waals surface area (Å²) in [4.78, 5) is 14.3. The van der Waals surface area contributed by atoms with Crippen LogP contribution in [0.2, 0.25) is 0 Å². The number of nitrogens with zero attached hydrogens (tertiary/aromatic N) is 1. The molecule has 1 aromatic heterocycles. The van der Waals surface area contributed by atoms with Gasteiger partial charge < -0.3 is 10.5 Å². The first-order valence-electron chi connectivity index (χ1n) is 4.92. The first kappa shape index (κ1) is 11.7. The van der Waals surface area contributed by atoms with Gasteiger partial charge >= 0.3 is 6.18 Å². The molecule has 0 saturated heterocycles. The Morgan fingerprint density at radius 2 is 2.12 bits per heavy atom. The average molecular weight is 246 g/mol. The summed E-state index contributed by atoms with van der Waals surface area (Å²) < 4.78 is 43.1. The standard InChI is InChI=1S/C10H9F3N2O2/c11-10(12,13)8-7(17-5-1-2-5)6(9(14)16)3-4-15-8/h3-5H,1-2H2,(H2,14,16). The minimum Gasteiger partial charge on any atom is -0.487 e. The lowest BCUT2D eigenvalue weighted by atomic mass is 10.2. The van der Waals surface area contributed by atoms with E-state index in [2.05, 4.69) is 4.98 Å². The van der Waals surface area contributed by atoms with Gasteiger partial charge in [0.05, 0.1) is 11.7 Å². The summed E-state index contributed by atoms with van der Waals surface area (Å²) in [6.07, 6.45) is -2.72. The smallest absolute Gasteiger partial charge is 0.437 e. The second-order valence-electron chi connectivity index (χ2n) is 3.72. The number of rotatable bonds is 3. The topological polar surface area (TPSA) is 65.2 Å². The van der Waals surface area contributed by atoms with Crippen molar-refractivity contribution in [2.24, 2.45) is 5.73 Å². The molecule has 1 aliphatic rings. The largest absolute Gasteiger partial charge is 0.487 e. The van der Waals surface area contributed by atoms with Crippen molar-refractivity contribution in [1.82, 2.24) is 4.98 Å². The maximum absolute atomic E-state index is 12.7. The van der Waals surface area contributed by atoms with E-state index in [-0.39, 0.29) is 11.7 Å². The Morgan fingerprint density at radius 1 is 1.47 bits per heavy atom. The number of nitrogens with two attached hydrogens (primary N) is 1. The fourth-order valence-electron chi connectivity index (χ4n) is 1.32. The number of amides is 1. The predicted octanol–water partition coefficient (Wildman–Crippen LogP) is 1.74. The van der Waals surface area contributed by atoms with Gasteiger partial charge in [-0.2, -0.15) is 13.2 Å². The molecule has 1 fully saturated rings. The normalized spacial score (nSPS) is 15.7. The Kier molecular flexibility index (Phi) is 2.68. The zero-order chi connectivity index (χ0) is 12.6. The third-order valence-electron chi connectivity index (χ3n) is 2.25. The first-order chi connectivity index (χ1) is 7.89. The highest BCUT2D eigenvalue weighted by Crippen LogP contribution is 2.39. The number of primary amides is 1. The van der Waals surface area contributed by atoms with Crippen molar-refractivity contribution < 1.29 is 22.7 Å². The average Bonchev–Trinajstić information content (AvgIpc) is 3.00. The molecule has 0 unspecified atom stereocenters. The molecule has 0 atom stereocenters. The summed E-state index contributed by atoms with van der Waals surface area (Å²) in [6.45, 7) is 0. The molecule has 4 nitrogen and oxygen atoms in total. The van der Waals surface area contributed by atoms with E-state index in [0.29, 0.717) is 12.8 Å². The molecule has 0 spiro atoms. The molecule has 2 rings (SSSR count). The maximum atomic E-state index is 12.7. The zero-order valence-electron chi connectivity index (χ0n) is 8.62. The highest BCUT2D eigenvalue weighted by Gasteiger charge is 2.39. The number of ether oxygens (including phenoxy) is 1. The van der Waals surface area contributed by atoms with Crippen molar-refractivity contribution in [2.45, 2.75) is 25.1 Å². The molecular formula is C10H9F3N2O2. The summed E-state index contributed by atoms with van der Waals surface area (Å²) >= 11 is 0. The number of hydrogen-bond acceptors (Lipinski definition) is 3. The molecule has 1 amide bonds. The Hall–Kier alpha value is -1.79. The Morgan fingerprint density at radius 3 is 2.59 bits per heavy atom. The maximum Gasteiger partial charge on any atom is 0.437 e.